The van der Waals surface area contributed by atoms with Crippen LogP contribution in [0.1, 0.15) is 25.6 Å². The van der Waals surface area contributed by atoms with Crippen LogP contribution in [0.2, 0.25) is 0 Å². The quantitative estimate of drug-likeness (QED) is 0.602. The Labute approximate surface area is 84.9 Å². The summed E-state index contributed by atoms with van der Waals surface area (Å²) in [6.07, 6.45) is 0. The van der Waals surface area contributed by atoms with Gasteiger partial charge in [0.05, 0.1) is 0 Å². The lowest BCUT2D eigenvalue weighted by Crippen LogP contribution is -2.05. The Kier molecular flexibility index (Phi) is 3.47. The van der Waals surface area contributed by atoms with Gasteiger partial charge in [-0.25, -0.2) is 4.68 Å². The molecule has 0 amide bonds. The zero-order chi connectivity index (χ0) is 8.97. The van der Waals surface area contributed by atoms with Gasteiger partial charge >= 0.3 is 0 Å². The monoisotopic (exact) mass is 276 g/mol. The van der Waals surface area contributed by atoms with Gasteiger partial charge in [0.2, 0.25) is 0 Å². The predicted octanol–water partition coefficient (Wildman–Crippen LogP) is 1.19. The molecular weight excluding hydrogens is 267 g/mol. The fourth-order valence-electron chi connectivity index (χ4n) is 0.842. The van der Waals surface area contributed by atoms with E-state index in [1.165, 1.54) is 0 Å². The third-order valence-electron chi connectivity index (χ3n) is 1.37. The number of hydrogen-bond donors (Lipinski definition) is 0. The topological polar surface area (TPSA) is 43.6 Å². The SMILES string of the molecule is CC(C)c1nnnn1CC#CI. The van der Waals surface area contributed by atoms with Gasteiger partial charge in [-0.1, -0.05) is 19.8 Å². The number of aromatic nitrogens is 4. The molecule has 5 heteroatoms. The summed E-state index contributed by atoms with van der Waals surface area (Å²) < 4.78 is 4.49. The summed E-state index contributed by atoms with van der Waals surface area (Å²) in [6.45, 7) is 4.68. The Balaban J connectivity index is 2.81. The van der Waals surface area contributed by atoms with Crippen LogP contribution in [-0.2, 0) is 6.54 Å². The molecule has 0 N–H and O–H groups in total. The van der Waals surface area contributed by atoms with Crippen molar-refractivity contribution in [2.24, 2.45) is 0 Å². The molecule has 0 saturated carbocycles. The molecule has 0 fully saturated rings. The van der Waals surface area contributed by atoms with Crippen LogP contribution < -0.4 is 0 Å². The lowest BCUT2D eigenvalue weighted by Gasteiger charge is -2.01. The van der Waals surface area contributed by atoms with Crippen molar-refractivity contribution in [1.82, 2.24) is 20.2 Å². The summed E-state index contributed by atoms with van der Waals surface area (Å²) in [5, 5.41) is 11.3. The second-order valence-corrected chi connectivity index (χ2v) is 3.16. The Hall–Kier alpha value is -0.640. The van der Waals surface area contributed by atoms with Gasteiger partial charge in [0.1, 0.15) is 6.54 Å². The Bertz CT molecular complexity index is 307. The van der Waals surface area contributed by atoms with E-state index in [0.717, 1.165) is 5.82 Å². The predicted molar refractivity (Wildman–Crippen MR) is 53.7 cm³/mol. The van der Waals surface area contributed by atoms with Gasteiger partial charge in [-0.15, -0.1) is 5.10 Å². The fourth-order valence-corrected chi connectivity index (χ4v) is 1.01. The van der Waals surface area contributed by atoms with Crippen molar-refractivity contribution < 1.29 is 0 Å². The molecule has 1 aromatic heterocycles. The maximum atomic E-state index is 3.90. The molecular formula is C7H9IN4. The summed E-state index contributed by atoms with van der Waals surface area (Å²) in [6, 6.07) is 0. The summed E-state index contributed by atoms with van der Waals surface area (Å²) in [7, 11) is 0. The second kappa shape index (κ2) is 4.40. The molecule has 0 atom stereocenters. The first-order valence-electron chi connectivity index (χ1n) is 3.60. The highest BCUT2D eigenvalue weighted by atomic mass is 127. The smallest absolute Gasteiger partial charge is 0.154 e. The summed E-state index contributed by atoms with van der Waals surface area (Å²) >= 11 is 2.00. The van der Waals surface area contributed by atoms with Crippen LogP contribution in [0.4, 0.5) is 0 Å². The minimum Gasteiger partial charge on any atom is -0.217 e. The molecule has 0 bridgehead atoms. The van der Waals surface area contributed by atoms with E-state index in [-0.39, 0.29) is 0 Å². The van der Waals surface area contributed by atoms with Crippen LogP contribution in [0, 0.1) is 9.85 Å². The molecule has 12 heavy (non-hydrogen) atoms. The average Bonchev–Trinajstić information content (AvgIpc) is 2.48. The lowest BCUT2D eigenvalue weighted by atomic mass is 10.2. The second-order valence-electron chi connectivity index (χ2n) is 2.62. The number of halogens is 1. The summed E-state index contributed by atoms with van der Waals surface area (Å²) in [4.78, 5) is 0. The van der Waals surface area contributed by atoms with Gasteiger partial charge in [-0.3, -0.25) is 0 Å². The zero-order valence-corrected chi connectivity index (χ0v) is 9.11. The number of hydrogen-bond acceptors (Lipinski definition) is 3. The van der Waals surface area contributed by atoms with E-state index in [0.29, 0.717) is 12.5 Å². The van der Waals surface area contributed by atoms with Crippen molar-refractivity contribution >= 4 is 22.6 Å². The van der Waals surface area contributed by atoms with Crippen LogP contribution in [-0.4, -0.2) is 20.2 Å². The molecule has 1 heterocycles. The average molecular weight is 276 g/mol. The highest BCUT2D eigenvalue weighted by Crippen LogP contribution is 2.07. The molecule has 1 aromatic rings. The van der Waals surface area contributed by atoms with Crippen LogP contribution >= 0.6 is 22.6 Å². The van der Waals surface area contributed by atoms with E-state index in [9.17, 15) is 0 Å². The highest BCUT2D eigenvalue weighted by molar-refractivity contribution is 14.1. The van der Waals surface area contributed by atoms with E-state index in [4.69, 9.17) is 0 Å². The maximum absolute atomic E-state index is 3.90. The molecule has 0 unspecified atom stereocenters. The van der Waals surface area contributed by atoms with E-state index >= 15 is 0 Å². The summed E-state index contributed by atoms with van der Waals surface area (Å²) in [5.74, 6) is 4.13. The van der Waals surface area contributed by atoms with Gasteiger partial charge in [0.25, 0.3) is 0 Å². The normalized spacial score (nSPS) is 9.67. The van der Waals surface area contributed by atoms with Crippen molar-refractivity contribution in [3.05, 3.63) is 5.82 Å². The zero-order valence-electron chi connectivity index (χ0n) is 6.95. The molecule has 64 valence electrons. The first kappa shape index (κ1) is 9.45. The van der Waals surface area contributed by atoms with Gasteiger partial charge in [0, 0.05) is 28.5 Å². The maximum Gasteiger partial charge on any atom is 0.154 e. The number of rotatable bonds is 2. The van der Waals surface area contributed by atoms with Gasteiger partial charge in [-0.2, -0.15) is 0 Å². The van der Waals surface area contributed by atoms with Crippen LogP contribution in [0.15, 0.2) is 0 Å². The molecule has 0 saturated heterocycles. The van der Waals surface area contributed by atoms with Gasteiger partial charge < -0.3 is 0 Å². The van der Waals surface area contributed by atoms with Crippen LogP contribution in [0.3, 0.4) is 0 Å². The van der Waals surface area contributed by atoms with E-state index in [2.05, 4.69) is 39.2 Å². The molecule has 0 aliphatic rings. The lowest BCUT2D eigenvalue weighted by molar-refractivity contribution is 0.613. The molecule has 0 aliphatic carbocycles. The van der Waals surface area contributed by atoms with E-state index < -0.39 is 0 Å². The first-order valence-corrected chi connectivity index (χ1v) is 4.68. The van der Waals surface area contributed by atoms with Crippen molar-refractivity contribution in [2.75, 3.05) is 0 Å². The highest BCUT2D eigenvalue weighted by Gasteiger charge is 2.07. The van der Waals surface area contributed by atoms with Gasteiger partial charge in [0.15, 0.2) is 5.82 Å². The van der Waals surface area contributed by atoms with Crippen LogP contribution in [0.5, 0.6) is 0 Å². The molecule has 0 aromatic carbocycles. The molecule has 0 spiro atoms. The molecule has 1 rings (SSSR count). The standard InChI is InChI=1S/C7H9IN4/c1-6(2)7-9-10-11-12(7)5-3-4-8/h6H,5H2,1-2H3. The Morgan fingerprint density at radius 2 is 2.33 bits per heavy atom. The summed E-state index contributed by atoms with van der Waals surface area (Å²) in [5.41, 5.74) is 0. The van der Waals surface area contributed by atoms with Crippen molar-refractivity contribution in [3.8, 4) is 9.85 Å². The number of nitrogens with zero attached hydrogens (tertiary/aromatic N) is 4. The van der Waals surface area contributed by atoms with Crippen LogP contribution in [0.25, 0.3) is 0 Å². The molecule has 0 aliphatic heterocycles. The van der Waals surface area contributed by atoms with Crippen molar-refractivity contribution in [3.63, 3.8) is 0 Å². The van der Waals surface area contributed by atoms with E-state index in [1.54, 1.807) is 4.68 Å². The third-order valence-corrected chi connectivity index (χ3v) is 1.75. The fraction of sp³-hybridized carbons (Fsp3) is 0.571. The molecule has 4 nitrogen and oxygen atoms in total. The van der Waals surface area contributed by atoms with Crippen molar-refractivity contribution in [2.45, 2.75) is 26.3 Å². The number of tetrazole rings is 1. The Morgan fingerprint density at radius 1 is 1.58 bits per heavy atom. The Morgan fingerprint density at radius 3 is 2.92 bits per heavy atom. The minimum absolute atomic E-state index is 0.344. The van der Waals surface area contributed by atoms with Gasteiger partial charge in [-0.05, 0) is 14.4 Å². The first-order chi connectivity index (χ1) is 5.75. The van der Waals surface area contributed by atoms with Crippen molar-refractivity contribution in [1.29, 1.82) is 0 Å². The third kappa shape index (κ3) is 2.17. The largest absolute Gasteiger partial charge is 0.217 e. The van der Waals surface area contributed by atoms with E-state index in [1.807, 2.05) is 22.6 Å². The molecule has 0 radical (unpaired) electrons. The minimum atomic E-state index is 0.344.